The Balaban J connectivity index is 0.00000450. The normalized spacial score (nSPS) is 21.9. The molecule has 2 heterocycles. The molecule has 3 N–H and O–H groups in total. The summed E-state index contributed by atoms with van der Waals surface area (Å²) in [4.78, 5) is 10.3. The topological polar surface area (TPSA) is 63.1 Å². The van der Waals surface area contributed by atoms with Gasteiger partial charge in [-0.2, -0.15) is 0 Å². The molecule has 2 rings (SSSR count). The first-order valence-corrected chi connectivity index (χ1v) is 12.1. The van der Waals surface area contributed by atoms with Gasteiger partial charge in [0.05, 0.1) is 6.54 Å². The number of rotatable bonds is 10. The van der Waals surface area contributed by atoms with Crippen molar-refractivity contribution in [2.75, 3.05) is 59.5 Å². The fourth-order valence-corrected chi connectivity index (χ4v) is 4.94. The molecule has 0 aromatic carbocycles. The van der Waals surface area contributed by atoms with Crippen LogP contribution in [0.25, 0.3) is 0 Å². The van der Waals surface area contributed by atoms with Gasteiger partial charge in [-0.15, -0.1) is 24.0 Å². The minimum atomic E-state index is 0. The third-order valence-corrected chi connectivity index (χ3v) is 6.72. The maximum absolute atomic E-state index is 9.41. The second kappa shape index (κ2) is 14.9. The van der Waals surface area contributed by atoms with Crippen molar-refractivity contribution in [3.63, 3.8) is 0 Å². The highest BCUT2D eigenvalue weighted by atomic mass is 127. The van der Waals surface area contributed by atoms with Crippen LogP contribution in [0.5, 0.6) is 0 Å². The van der Waals surface area contributed by atoms with Gasteiger partial charge in [0.25, 0.3) is 0 Å². The van der Waals surface area contributed by atoms with E-state index in [-0.39, 0.29) is 36.1 Å². The monoisotopic (exact) mass is 537 g/mol. The minimum Gasteiger partial charge on any atom is -0.396 e. The Bertz CT molecular complexity index is 474. The van der Waals surface area contributed by atoms with Crippen LogP contribution in [-0.4, -0.2) is 85.9 Å². The molecule has 6 nitrogen and oxygen atoms in total. The molecule has 2 saturated heterocycles. The van der Waals surface area contributed by atoms with Gasteiger partial charge in [0.15, 0.2) is 5.96 Å². The molecule has 1 unspecified atom stereocenters. The summed E-state index contributed by atoms with van der Waals surface area (Å²) in [6, 6.07) is 0. The van der Waals surface area contributed by atoms with Gasteiger partial charge in [0, 0.05) is 25.2 Å². The molecule has 0 radical (unpaired) electrons. The lowest BCUT2D eigenvalue weighted by atomic mass is 9.84. The van der Waals surface area contributed by atoms with E-state index in [1.807, 2.05) is 0 Å². The molecule has 0 saturated carbocycles. The number of aliphatic hydroxyl groups excluding tert-OH is 1. The van der Waals surface area contributed by atoms with Gasteiger partial charge in [-0.3, -0.25) is 9.89 Å². The number of hydrogen-bond acceptors (Lipinski definition) is 4. The molecule has 2 aliphatic rings. The highest BCUT2D eigenvalue weighted by Gasteiger charge is 2.39. The van der Waals surface area contributed by atoms with Crippen LogP contribution in [0.3, 0.4) is 0 Å². The van der Waals surface area contributed by atoms with E-state index in [0.29, 0.717) is 11.8 Å². The molecule has 0 bridgehead atoms. The molecule has 0 amide bonds. The number of piperidine rings is 2. The number of nitrogens with one attached hydrogen (secondary N) is 2. The molecule has 1 atom stereocenters. The van der Waals surface area contributed by atoms with Gasteiger partial charge in [-0.1, -0.05) is 20.3 Å². The third-order valence-electron chi connectivity index (χ3n) is 6.72. The van der Waals surface area contributed by atoms with E-state index in [9.17, 15) is 5.11 Å². The van der Waals surface area contributed by atoms with Gasteiger partial charge >= 0.3 is 0 Å². The summed E-state index contributed by atoms with van der Waals surface area (Å²) < 4.78 is 0. The Labute approximate surface area is 202 Å². The fourth-order valence-electron chi connectivity index (χ4n) is 4.94. The van der Waals surface area contributed by atoms with E-state index >= 15 is 0 Å². The van der Waals surface area contributed by atoms with Crippen molar-refractivity contribution in [3.8, 4) is 0 Å². The molecular formula is C23H48IN5O. The lowest BCUT2D eigenvalue weighted by Gasteiger charge is -2.49. The predicted octanol–water partition coefficient (Wildman–Crippen LogP) is 3.15. The maximum atomic E-state index is 9.41. The van der Waals surface area contributed by atoms with E-state index in [1.54, 1.807) is 0 Å². The van der Waals surface area contributed by atoms with Crippen LogP contribution in [0.4, 0.5) is 0 Å². The third kappa shape index (κ3) is 9.17. The second-order valence-electron chi connectivity index (χ2n) is 9.66. The van der Waals surface area contributed by atoms with Crippen molar-refractivity contribution < 1.29 is 5.11 Å². The highest BCUT2D eigenvalue weighted by molar-refractivity contribution is 14.0. The molecule has 30 heavy (non-hydrogen) atoms. The molecule has 0 aromatic heterocycles. The summed E-state index contributed by atoms with van der Waals surface area (Å²) in [6.07, 6.45) is 8.46. The highest BCUT2D eigenvalue weighted by Crippen LogP contribution is 2.31. The smallest absolute Gasteiger partial charge is 0.191 e. The summed E-state index contributed by atoms with van der Waals surface area (Å²) in [5.74, 6) is 2.08. The zero-order valence-corrected chi connectivity index (χ0v) is 22.3. The van der Waals surface area contributed by atoms with Gasteiger partial charge in [0.1, 0.15) is 0 Å². The van der Waals surface area contributed by atoms with Crippen LogP contribution < -0.4 is 10.6 Å². The van der Waals surface area contributed by atoms with E-state index in [1.165, 1.54) is 58.3 Å². The van der Waals surface area contributed by atoms with E-state index in [0.717, 1.165) is 38.4 Å². The molecule has 2 aliphatic heterocycles. The number of halogens is 1. The van der Waals surface area contributed by atoms with Gasteiger partial charge < -0.3 is 20.6 Å². The van der Waals surface area contributed by atoms with E-state index in [4.69, 9.17) is 4.99 Å². The van der Waals surface area contributed by atoms with Crippen LogP contribution >= 0.6 is 24.0 Å². The second-order valence-corrected chi connectivity index (χ2v) is 9.66. The number of aliphatic hydroxyl groups is 1. The lowest BCUT2D eigenvalue weighted by Crippen LogP contribution is -2.58. The first-order chi connectivity index (χ1) is 14.0. The number of guanidine groups is 1. The molecular weight excluding hydrogens is 489 g/mol. The summed E-state index contributed by atoms with van der Waals surface area (Å²) >= 11 is 0. The summed E-state index contributed by atoms with van der Waals surface area (Å²) in [5, 5.41) is 16.4. The summed E-state index contributed by atoms with van der Waals surface area (Å²) in [7, 11) is 2.24. The van der Waals surface area contributed by atoms with Gasteiger partial charge in [-0.05, 0) is 90.5 Å². The number of hydrogen-bond donors (Lipinski definition) is 3. The van der Waals surface area contributed by atoms with Crippen LogP contribution in [0.1, 0.15) is 65.7 Å². The lowest BCUT2D eigenvalue weighted by molar-refractivity contribution is 0.0208. The van der Waals surface area contributed by atoms with E-state index < -0.39 is 0 Å². The molecule has 178 valence electrons. The number of nitrogens with zero attached hydrogens (tertiary/aromatic N) is 3. The quantitative estimate of drug-likeness (QED) is 0.227. The molecule has 0 aliphatic carbocycles. The van der Waals surface area contributed by atoms with Crippen LogP contribution in [0.2, 0.25) is 0 Å². The number of likely N-dealkylation sites (tertiary alicyclic amines) is 2. The van der Waals surface area contributed by atoms with Gasteiger partial charge in [-0.25, -0.2) is 0 Å². The maximum Gasteiger partial charge on any atom is 0.191 e. The van der Waals surface area contributed by atoms with Gasteiger partial charge in [0.2, 0.25) is 0 Å². The van der Waals surface area contributed by atoms with Crippen LogP contribution in [-0.2, 0) is 0 Å². The Morgan fingerprint density at radius 2 is 1.73 bits per heavy atom. The minimum absolute atomic E-state index is 0. The average Bonchev–Trinajstić information content (AvgIpc) is 2.72. The SMILES string of the molecule is CCNC(=NCC1(N2CCCCC2)CCN(C)CC1)NCC(CCO)CC(C)C.I. The Morgan fingerprint density at radius 3 is 2.30 bits per heavy atom. The first kappa shape index (κ1) is 27.9. The Hall–Kier alpha value is -0.120. The fraction of sp³-hybridized carbons (Fsp3) is 0.957. The van der Waals surface area contributed by atoms with E-state index in [2.05, 4.69) is 48.3 Å². The van der Waals surface area contributed by atoms with Crippen LogP contribution in [0.15, 0.2) is 4.99 Å². The zero-order valence-electron chi connectivity index (χ0n) is 20.0. The zero-order chi connectivity index (χ0) is 21.1. The molecule has 7 heteroatoms. The van der Waals surface area contributed by atoms with Crippen molar-refractivity contribution in [3.05, 3.63) is 0 Å². The molecule has 0 aromatic rings. The van der Waals surface area contributed by atoms with Crippen molar-refractivity contribution in [2.24, 2.45) is 16.8 Å². The summed E-state index contributed by atoms with van der Waals surface area (Å²) in [6.45, 7) is 14.3. The standard InChI is InChI=1S/C23H47N5O.HI/c1-5-24-22(25-18-21(9-16-29)17-20(2)3)26-19-23(10-14-27(4)15-11-23)28-12-7-6-8-13-28;/h20-21,29H,5-19H2,1-4H3,(H2,24,25,26);1H. The number of aliphatic imine (C=N–C) groups is 1. The van der Waals surface area contributed by atoms with Crippen molar-refractivity contribution in [2.45, 2.75) is 71.3 Å². The Kier molecular flexibility index (Phi) is 13.8. The largest absolute Gasteiger partial charge is 0.396 e. The van der Waals surface area contributed by atoms with Crippen molar-refractivity contribution >= 4 is 29.9 Å². The molecule has 2 fully saturated rings. The van der Waals surface area contributed by atoms with Crippen molar-refractivity contribution in [1.82, 2.24) is 20.4 Å². The molecule has 0 spiro atoms. The van der Waals surface area contributed by atoms with Crippen molar-refractivity contribution in [1.29, 1.82) is 0 Å². The average molecular weight is 538 g/mol. The van der Waals surface area contributed by atoms with Crippen LogP contribution in [0, 0.1) is 11.8 Å². The predicted molar refractivity (Wildman–Crippen MR) is 139 cm³/mol. The Morgan fingerprint density at radius 1 is 1.07 bits per heavy atom. The summed E-state index contributed by atoms with van der Waals surface area (Å²) in [5.41, 5.74) is 0.220. The first-order valence-electron chi connectivity index (χ1n) is 12.1.